The summed E-state index contributed by atoms with van der Waals surface area (Å²) in [6, 6.07) is 12.0. The van der Waals surface area contributed by atoms with Gasteiger partial charge in [-0.05, 0) is 55.5 Å². The second kappa shape index (κ2) is 8.76. The number of amides is 1. The van der Waals surface area contributed by atoms with Crippen LogP contribution in [0, 0.1) is 6.92 Å². The molecule has 3 rings (SSSR count). The quantitative estimate of drug-likeness (QED) is 0.555. The fourth-order valence-corrected chi connectivity index (χ4v) is 3.98. The number of carbonyl (C=O) groups excluding carboxylic acids is 1. The van der Waals surface area contributed by atoms with Gasteiger partial charge in [0.2, 0.25) is 10.0 Å². The van der Waals surface area contributed by atoms with Crippen molar-refractivity contribution in [2.75, 3.05) is 16.3 Å². The number of ether oxygens (including phenoxy) is 1. The molecule has 30 heavy (non-hydrogen) atoms. The van der Waals surface area contributed by atoms with E-state index in [0.29, 0.717) is 27.6 Å². The number of sulfonamides is 1. The van der Waals surface area contributed by atoms with Crippen LogP contribution in [0.25, 0.3) is 11.3 Å². The summed E-state index contributed by atoms with van der Waals surface area (Å²) in [5.74, 6) is -0.356. The second-order valence-corrected chi connectivity index (χ2v) is 9.18. The highest BCUT2D eigenvalue weighted by Gasteiger charge is 2.14. The van der Waals surface area contributed by atoms with Gasteiger partial charge in [-0.3, -0.25) is 14.8 Å². The lowest BCUT2D eigenvalue weighted by Gasteiger charge is -2.06. The van der Waals surface area contributed by atoms with E-state index in [1.807, 2.05) is 6.92 Å². The molecule has 0 fully saturated rings. The van der Waals surface area contributed by atoms with E-state index in [0.717, 1.165) is 11.1 Å². The molecule has 0 saturated heterocycles. The van der Waals surface area contributed by atoms with Crippen LogP contribution in [0.3, 0.4) is 0 Å². The van der Waals surface area contributed by atoms with E-state index in [1.165, 1.54) is 47.7 Å². The molecule has 7 nitrogen and oxygen atoms in total. The van der Waals surface area contributed by atoms with Gasteiger partial charge in [0.1, 0.15) is 5.75 Å². The Labute approximate surface area is 175 Å². The Kier molecular flexibility index (Phi) is 6.32. The summed E-state index contributed by atoms with van der Waals surface area (Å²) in [6.07, 6.45) is 1.04. The van der Waals surface area contributed by atoms with Crippen LogP contribution >= 0.6 is 11.3 Å². The summed E-state index contributed by atoms with van der Waals surface area (Å²) in [6.45, 7) is -1.06. The number of benzene rings is 2. The number of hydrogen-bond donors (Lipinski definition) is 2. The number of nitrogens with zero attached hydrogens (tertiary/aromatic N) is 1. The third-order valence-electron chi connectivity index (χ3n) is 3.82. The molecule has 0 aliphatic carbocycles. The smallest absolute Gasteiger partial charge is 0.387 e. The van der Waals surface area contributed by atoms with Crippen molar-refractivity contribution in [3.05, 3.63) is 59.0 Å². The zero-order valence-electron chi connectivity index (χ0n) is 15.8. The fourth-order valence-electron chi connectivity index (χ4n) is 2.58. The van der Waals surface area contributed by atoms with Crippen LogP contribution < -0.4 is 14.8 Å². The second-order valence-electron chi connectivity index (χ2n) is 6.23. The Hall–Kier alpha value is -3.05. The highest BCUT2D eigenvalue weighted by molar-refractivity contribution is 7.92. The Balaban J connectivity index is 1.71. The van der Waals surface area contributed by atoms with Crippen LogP contribution in [-0.2, 0) is 10.0 Å². The molecular weight excluding hydrogens is 436 g/mol. The van der Waals surface area contributed by atoms with E-state index in [1.54, 1.807) is 12.1 Å². The van der Waals surface area contributed by atoms with Gasteiger partial charge in [-0.25, -0.2) is 13.4 Å². The average Bonchev–Trinajstić information content (AvgIpc) is 3.01. The first-order valence-electron chi connectivity index (χ1n) is 8.52. The van der Waals surface area contributed by atoms with Gasteiger partial charge in [0.05, 0.1) is 11.9 Å². The van der Waals surface area contributed by atoms with E-state index in [2.05, 4.69) is 19.8 Å². The van der Waals surface area contributed by atoms with Crippen LogP contribution in [0.5, 0.6) is 5.75 Å². The lowest BCUT2D eigenvalue weighted by molar-refractivity contribution is -0.0498. The van der Waals surface area contributed by atoms with Crippen LogP contribution in [0.1, 0.15) is 15.2 Å². The SMILES string of the molecule is Cc1sc(NC(=O)c2ccc(NS(C)(=O)=O)cc2)nc1-c1ccc(OC(F)F)cc1. The van der Waals surface area contributed by atoms with Gasteiger partial charge in [0.25, 0.3) is 5.91 Å². The average molecular weight is 453 g/mol. The maximum absolute atomic E-state index is 12.4. The van der Waals surface area contributed by atoms with Crippen LogP contribution in [0.2, 0.25) is 0 Å². The summed E-state index contributed by atoms with van der Waals surface area (Å²) < 4.78 is 53.7. The highest BCUT2D eigenvalue weighted by Crippen LogP contribution is 2.31. The Morgan fingerprint density at radius 2 is 1.73 bits per heavy atom. The molecule has 11 heteroatoms. The molecule has 0 aliphatic heterocycles. The third kappa shape index (κ3) is 5.74. The minimum absolute atomic E-state index is 0.0453. The number of aromatic nitrogens is 1. The summed E-state index contributed by atoms with van der Waals surface area (Å²) >= 11 is 1.27. The van der Waals surface area contributed by atoms with Gasteiger partial charge in [-0.2, -0.15) is 8.78 Å². The molecule has 0 unspecified atom stereocenters. The molecule has 1 amide bonds. The zero-order chi connectivity index (χ0) is 21.9. The van der Waals surface area contributed by atoms with Crippen molar-refractivity contribution < 1.29 is 26.7 Å². The standard InChI is InChI=1S/C19H17F2N3O4S2/c1-11-16(12-5-9-15(10-6-12)28-18(20)21)22-19(29-11)23-17(25)13-3-7-14(8-4-13)24-30(2,26)27/h3-10,18,24H,1-2H3,(H,22,23,25). The zero-order valence-corrected chi connectivity index (χ0v) is 17.5. The molecule has 2 N–H and O–H groups in total. The van der Waals surface area contributed by atoms with Gasteiger partial charge >= 0.3 is 6.61 Å². The van der Waals surface area contributed by atoms with Crippen LogP contribution in [0.4, 0.5) is 19.6 Å². The molecule has 1 aromatic heterocycles. The summed E-state index contributed by atoms with van der Waals surface area (Å²) in [4.78, 5) is 17.7. The number of anilines is 2. The molecule has 0 saturated carbocycles. The Morgan fingerprint density at radius 1 is 1.10 bits per heavy atom. The van der Waals surface area contributed by atoms with Gasteiger partial charge in [-0.15, -0.1) is 11.3 Å². The molecule has 0 spiro atoms. The van der Waals surface area contributed by atoms with Crippen molar-refractivity contribution in [1.82, 2.24) is 4.98 Å². The van der Waals surface area contributed by atoms with E-state index in [4.69, 9.17) is 0 Å². The molecule has 0 bridgehead atoms. The van der Waals surface area contributed by atoms with E-state index in [-0.39, 0.29) is 5.75 Å². The van der Waals surface area contributed by atoms with Gasteiger partial charge in [-0.1, -0.05) is 0 Å². The minimum Gasteiger partial charge on any atom is -0.435 e. The van der Waals surface area contributed by atoms with Crippen molar-refractivity contribution in [2.45, 2.75) is 13.5 Å². The topological polar surface area (TPSA) is 97.4 Å². The first-order chi connectivity index (χ1) is 14.1. The molecule has 1 heterocycles. The number of rotatable bonds is 7. The lowest BCUT2D eigenvalue weighted by Crippen LogP contribution is -2.12. The molecule has 2 aromatic carbocycles. The number of hydrogen-bond acceptors (Lipinski definition) is 6. The highest BCUT2D eigenvalue weighted by atomic mass is 32.2. The Bertz CT molecular complexity index is 1150. The fraction of sp³-hybridized carbons (Fsp3) is 0.158. The molecule has 3 aromatic rings. The predicted octanol–water partition coefficient (Wildman–Crippen LogP) is 4.34. The maximum Gasteiger partial charge on any atom is 0.387 e. The van der Waals surface area contributed by atoms with Crippen molar-refractivity contribution >= 4 is 38.1 Å². The van der Waals surface area contributed by atoms with Gasteiger partial charge in [0, 0.05) is 21.7 Å². The van der Waals surface area contributed by atoms with Gasteiger partial charge in [0.15, 0.2) is 5.13 Å². The normalized spacial score (nSPS) is 11.4. The number of thiazole rings is 1. The van der Waals surface area contributed by atoms with Crippen molar-refractivity contribution in [3.8, 4) is 17.0 Å². The molecule has 0 aliphatic rings. The monoisotopic (exact) mass is 453 g/mol. The summed E-state index contributed by atoms with van der Waals surface area (Å²) in [7, 11) is -3.40. The number of halogens is 2. The van der Waals surface area contributed by atoms with Gasteiger partial charge < -0.3 is 4.74 Å². The van der Waals surface area contributed by atoms with Crippen molar-refractivity contribution in [2.24, 2.45) is 0 Å². The van der Waals surface area contributed by atoms with E-state index >= 15 is 0 Å². The molecule has 0 atom stereocenters. The van der Waals surface area contributed by atoms with Crippen molar-refractivity contribution in [3.63, 3.8) is 0 Å². The van der Waals surface area contributed by atoms with Crippen LogP contribution in [-0.4, -0.2) is 32.2 Å². The molecule has 158 valence electrons. The number of nitrogens with one attached hydrogen (secondary N) is 2. The van der Waals surface area contributed by atoms with E-state index in [9.17, 15) is 22.0 Å². The predicted molar refractivity (Wildman–Crippen MR) is 112 cm³/mol. The first-order valence-corrected chi connectivity index (χ1v) is 11.2. The number of aryl methyl sites for hydroxylation is 1. The summed E-state index contributed by atoms with van der Waals surface area (Å²) in [5.41, 5.74) is 1.99. The van der Waals surface area contributed by atoms with Crippen molar-refractivity contribution in [1.29, 1.82) is 0 Å². The first kappa shape index (κ1) is 21.7. The number of alkyl halides is 2. The third-order valence-corrected chi connectivity index (χ3v) is 5.31. The largest absolute Gasteiger partial charge is 0.435 e. The molecule has 0 radical (unpaired) electrons. The van der Waals surface area contributed by atoms with Crippen LogP contribution in [0.15, 0.2) is 48.5 Å². The Morgan fingerprint density at radius 3 is 2.30 bits per heavy atom. The van der Waals surface area contributed by atoms with E-state index < -0.39 is 22.5 Å². The minimum atomic E-state index is -3.40. The number of carbonyl (C=O) groups is 1. The molecular formula is C19H17F2N3O4S2. The maximum atomic E-state index is 12.4. The lowest BCUT2D eigenvalue weighted by atomic mass is 10.1. The summed E-state index contributed by atoms with van der Waals surface area (Å²) in [5, 5.41) is 3.07.